The van der Waals surface area contributed by atoms with Gasteiger partial charge in [0.05, 0.1) is 29.0 Å². The van der Waals surface area contributed by atoms with Gasteiger partial charge in [-0.2, -0.15) is 5.26 Å². The normalized spacial score (nSPS) is 18.2. The van der Waals surface area contributed by atoms with Crippen LogP contribution in [0.15, 0.2) is 17.1 Å². The first-order valence-electron chi connectivity index (χ1n) is 15.3. The molecule has 0 saturated carbocycles. The molecule has 14 heteroatoms. The van der Waals surface area contributed by atoms with E-state index in [1.807, 2.05) is 37.7 Å². The molecule has 0 amide bonds. The van der Waals surface area contributed by atoms with Crippen LogP contribution >= 0.6 is 11.3 Å². The Morgan fingerprint density at radius 3 is 2.74 bits per heavy atom. The monoisotopic (exact) mass is 690 g/mol. The van der Waals surface area contributed by atoms with Crippen LogP contribution in [0.25, 0.3) is 21.2 Å². The average molecular weight is 691 g/mol. The van der Waals surface area contributed by atoms with E-state index < -0.39 is 11.9 Å². The molecule has 0 aliphatic carbocycles. The number of amidine groups is 1. The van der Waals surface area contributed by atoms with Crippen molar-refractivity contribution >= 4 is 38.5 Å². The SMILES string of the molecule is CC.COC1CN([CH-]/N=C(/NC(C=O)CCCN(C)C)c2[c-]c(O)c(-c3ccc(F)c4sc(N)c(C#N)c34)c3c2COC3)CC1N.[K+]. The summed E-state index contributed by atoms with van der Waals surface area (Å²) >= 11 is 0.989. The van der Waals surface area contributed by atoms with Crippen LogP contribution in [0.2, 0.25) is 0 Å². The van der Waals surface area contributed by atoms with Gasteiger partial charge in [0.2, 0.25) is 0 Å². The summed E-state index contributed by atoms with van der Waals surface area (Å²) in [6.07, 6.45) is 2.05. The number of carbonyl (C=O) groups is 1. The number of nitrogen functional groups attached to an aromatic ring is 1. The van der Waals surface area contributed by atoms with Crippen molar-refractivity contribution in [3.8, 4) is 22.9 Å². The summed E-state index contributed by atoms with van der Waals surface area (Å²) in [6.45, 7) is 7.91. The van der Waals surface area contributed by atoms with Crippen LogP contribution < -0.4 is 68.2 Å². The molecule has 5 rings (SSSR count). The quantitative estimate of drug-likeness (QED) is 0.0743. The number of anilines is 1. The van der Waals surface area contributed by atoms with Crippen molar-refractivity contribution in [1.82, 2.24) is 15.1 Å². The number of fused-ring (bicyclic) bond motifs is 2. The van der Waals surface area contributed by atoms with Crippen LogP contribution in [-0.4, -0.2) is 86.1 Å². The van der Waals surface area contributed by atoms with Crippen LogP contribution in [0.1, 0.15) is 48.9 Å². The van der Waals surface area contributed by atoms with Crippen molar-refractivity contribution in [3.63, 3.8) is 0 Å². The van der Waals surface area contributed by atoms with E-state index in [4.69, 9.17) is 25.9 Å². The molecule has 3 aromatic rings. The number of phenols is 1. The Labute approximate surface area is 322 Å². The summed E-state index contributed by atoms with van der Waals surface area (Å²) in [7, 11) is 5.57. The number of rotatable bonds is 11. The largest absolute Gasteiger partial charge is 1.00 e. The number of aromatic hydroxyl groups is 1. The Balaban J connectivity index is 0.00000196. The maximum absolute atomic E-state index is 14.8. The zero-order valence-electron chi connectivity index (χ0n) is 27.9. The molecule has 47 heavy (non-hydrogen) atoms. The fraction of sp³-hybridized carbons (Fsp3) is 0.455. The van der Waals surface area contributed by atoms with Crippen molar-refractivity contribution < 1.29 is 75.1 Å². The molecule has 2 aliphatic heterocycles. The molecular weight excluding hydrogens is 649 g/mol. The molecule has 2 aromatic carbocycles. The minimum atomic E-state index is -0.549. The molecule has 1 saturated heterocycles. The van der Waals surface area contributed by atoms with Crippen LogP contribution in [-0.2, 0) is 27.5 Å². The average Bonchev–Trinajstić information content (AvgIpc) is 3.76. The Morgan fingerprint density at radius 1 is 1.38 bits per heavy atom. The standard InChI is InChI=1S/C31H36FN7O4S.C2H6.K/c1-38(2)8-4-5-17(13-40)37-31(36-16-39-11-24(34)26(12-39)42-3)19-9-25(41)27(22-15-43-14-21(19)22)18-6-7-23(32)29-28(18)20(10-33)30(35)44-29;1-2;/h6-7,13,16-17,24,26,41H,4-5,8,11-12,14-15,34-35H2,1-3H3,(H,36,37);1-2H3;/q-2;;+1. The molecule has 2 aliphatic rings. The van der Waals surface area contributed by atoms with Gasteiger partial charge in [-0.15, -0.1) is 16.9 Å². The van der Waals surface area contributed by atoms with E-state index in [0.717, 1.165) is 30.6 Å². The second-order valence-electron chi connectivity index (χ2n) is 11.2. The number of nitrogens with zero attached hydrogens (tertiary/aromatic N) is 4. The first kappa shape index (κ1) is 39.3. The van der Waals surface area contributed by atoms with Crippen molar-refractivity contribution in [2.24, 2.45) is 10.7 Å². The number of nitrogens with two attached hydrogens (primary N) is 2. The molecule has 11 nitrogen and oxygen atoms in total. The number of halogens is 1. The number of ether oxygens (including phenoxy) is 2. The van der Waals surface area contributed by atoms with Crippen molar-refractivity contribution in [1.29, 1.82) is 5.26 Å². The van der Waals surface area contributed by atoms with Crippen LogP contribution in [0.3, 0.4) is 0 Å². The first-order valence-corrected chi connectivity index (χ1v) is 16.1. The van der Waals surface area contributed by atoms with E-state index in [9.17, 15) is 19.6 Å². The van der Waals surface area contributed by atoms with Gasteiger partial charge in [0.25, 0.3) is 0 Å². The second kappa shape index (κ2) is 18.0. The number of thiophene rings is 1. The minimum absolute atomic E-state index is 0. The van der Waals surface area contributed by atoms with Crippen LogP contribution in [0.4, 0.5) is 9.39 Å². The number of likely N-dealkylation sites (tertiary alicyclic amines) is 1. The Kier molecular flexibility index (Phi) is 15.1. The Morgan fingerprint density at radius 2 is 2.11 bits per heavy atom. The van der Waals surface area contributed by atoms with Crippen molar-refractivity contribution in [2.45, 2.75) is 58.1 Å². The van der Waals surface area contributed by atoms with Gasteiger partial charge in [-0.25, -0.2) is 4.39 Å². The molecule has 3 heterocycles. The molecule has 0 radical (unpaired) electrons. The third-order valence-corrected chi connectivity index (χ3v) is 9.00. The van der Waals surface area contributed by atoms with E-state index in [2.05, 4.69) is 17.5 Å². The van der Waals surface area contributed by atoms with Crippen molar-refractivity contribution in [3.05, 3.63) is 52.9 Å². The number of aliphatic imine (C=N–C) groups is 1. The van der Waals surface area contributed by atoms with Gasteiger partial charge >= 0.3 is 51.4 Å². The molecule has 3 unspecified atom stereocenters. The summed E-state index contributed by atoms with van der Waals surface area (Å²) in [4.78, 5) is 20.9. The fourth-order valence-electron chi connectivity index (χ4n) is 5.74. The maximum Gasteiger partial charge on any atom is 1.00 e. The molecule has 6 N–H and O–H groups in total. The second-order valence-corrected chi connectivity index (χ2v) is 12.3. The zero-order valence-corrected chi connectivity index (χ0v) is 31.8. The van der Waals surface area contributed by atoms with E-state index in [0.29, 0.717) is 58.5 Å². The predicted octanol–water partition coefficient (Wildman–Crippen LogP) is 0.750. The number of carbonyl (C=O) groups excluding carboxylic acids is 1. The molecule has 3 atom stereocenters. The zero-order chi connectivity index (χ0) is 33.5. The fourth-order valence-corrected chi connectivity index (χ4v) is 6.69. The number of hydrogen-bond acceptors (Lipinski definition) is 11. The minimum Gasteiger partial charge on any atom is -0.527 e. The van der Waals surface area contributed by atoms with E-state index in [1.165, 1.54) is 12.1 Å². The number of aldehydes is 1. The van der Waals surface area contributed by atoms with Gasteiger partial charge in [0, 0.05) is 49.8 Å². The topological polar surface area (TPSA) is 162 Å². The van der Waals surface area contributed by atoms with Gasteiger partial charge in [-0.3, -0.25) is 0 Å². The third kappa shape index (κ3) is 8.73. The van der Waals surface area contributed by atoms with Crippen LogP contribution in [0, 0.1) is 29.9 Å². The molecular formula is C33H42FKN7O4S-. The molecule has 248 valence electrons. The van der Waals surface area contributed by atoms with Gasteiger partial charge in [-0.1, -0.05) is 49.3 Å². The smallest absolute Gasteiger partial charge is 0.527 e. The molecule has 1 aromatic heterocycles. The molecule has 0 bridgehead atoms. The number of benzene rings is 2. The summed E-state index contributed by atoms with van der Waals surface area (Å²) in [5.74, 6) is -0.388. The first-order chi connectivity index (χ1) is 22.2. The summed E-state index contributed by atoms with van der Waals surface area (Å²) < 4.78 is 26.4. The summed E-state index contributed by atoms with van der Waals surface area (Å²) in [5.41, 5.74) is 15.1. The van der Waals surface area contributed by atoms with E-state index in [-0.39, 0.29) is 97.8 Å². The van der Waals surface area contributed by atoms with Gasteiger partial charge in [-0.05, 0) is 45.1 Å². The summed E-state index contributed by atoms with van der Waals surface area (Å²) in [5, 5.41) is 25.1. The predicted molar refractivity (Wildman–Crippen MR) is 179 cm³/mol. The number of nitriles is 1. The number of nitrogens with one attached hydrogen (secondary N) is 1. The maximum atomic E-state index is 14.8. The number of methoxy groups -OCH3 is 1. The Bertz CT molecular complexity index is 1630. The summed E-state index contributed by atoms with van der Waals surface area (Å²) in [6, 6.07) is 7.25. The van der Waals surface area contributed by atoms with Crippen LogP contribution in [0.5, 0.6) is 5.75 Å². The van der Waals surface area contributed by atoms with E-state index >= 15 is 0 Å². The number of phenolic OH excluding ortho intramolecular Hbond substituents is 1. The Hall–Kier alpha value is -2.13. The number of hydrogen-bond donors (Lipinski definition) is 4. The van der Waals surface area contributed by atoms with Gasteiger partial charge in [0.15, 0.2) is 0 Å². The van der Waals surface area contributed by atoms with E-state index in [1.54, 1.807) is 13.8 Å². The van der Waals surface area contributed by atoms with Crippen molar-refractivity contribution in [2.75, 3.05) is 46.6 Å². The van der Waals surface area contributed by atoms with Gasteiger partial charge in [0.1, 0.15) is 23.2 Å². The van der Waals surface area contributed by atoms with Gasteiger partial charge < -0.3 is 51.0 Å². The third-order valence-electron chi connectivity index (χ3n) is 7.97. The molecule has 0 spiro atoms. The molecule has 1 fully saturated rings.